The van der Waals surface area contributed by atoms with Crippen molar-refractivity contribution in [3.8, 4) is 11.8 Å². The van der Waals surface area contributed by atoms with Crippen LogP contribution in [0.3, 0.4) is 0 Å². The SMILES string of the molecule is CCCN1CCC(CNCc2cccc(OCc3cccc(C#N)c3)c2)C1. The molecular weight excluding hydrogens is 334 g/mol. The standard InChI is InChI=1S/C23H29N3O/c1-2-10-26-11-9-22(17-26)16-25-15-20-6-4-8-23(13-20)27-18-21-7-3-5-19(12-21)14-24/h3-8,12-13,22,25H,2,9-11,15-18H2,1H3. The quantitative estimate of drug-likeness (QED) is 0.733. The molecule has 27 heavy (non-hydrogen) atoms. The molecule has 1 saturated heterocycles. The number of hydrogen-bond donors (Lipinski definition) is 1. The topological polar surface area (TPSA) is 48.3 Å². The summed E-state index contributed by atoms with van der Waals surface area (Å²) in [5.41, 5.74) is 2.91. The molecule has 0 radical (unpaired) electrons. The lowest BCUT2D eigenvalue weighted by Gasteiger charge is -2.15. The lowest BCUT2D eigenvalue weighted by atomic mass is 10.1. The van der Waals surface area contributed by atoms with Gasteiger partial charge in [0.1, 0.15) is 12.4 Å². The second-order valence-electron chi connectivity index (χ2n) is 7.33. The van der Waals surface area contributed by atoms with Gasteiger partial charge >= 0.3 is 0 Å². The average Bonchev–Trinajstić information content (AvgIpc) is 3.15. The molecule has 0 saturated carbocycles. The Bertz CT molecular complexity index is 768. The molecule has 1 aliphatic heterocycles. The molecule has 3 rings (SSSR count). The van der Waals surface area contributed by atoms with Crippen molar-refractivity contribution in [2.24, 2.45) is 5.92 Å². The lowest BCUT2D eigenvalue weighted by molar-refractivity contribution is 0.305. The van der Waals surface area contributed by atoms with E-state index in [2.05, 4.69) is 35.3 Å². The van der Waals surface area contributed by atoms with E-state index in [1.807, 2.05) is 36.4 Å². The van der Waals surface area contributed by atoms with Gasteiger partial charge < -0.3 is 15.0 Å². The minimum absolute atomic E-state index is 0.474. The number of nitrogens with zero attached hydrogens (tertiary/aromatic N) is 2. The van der Waals surface area contributed by atoms with E-state index >= 15 is 0 Å². The fraction of sp³-hybridized carbons (Fsp3) is 0.435. The van der Waals surface area contributed by atoms with E-state index in [1.165, 1.54) is 38.0 Å². The van der Waals surface area contributed by atoms with E-state index in [0.29, 0.717) is 12.2 Å². The molecule has 1 N–H and O–H groups in total. The zero-order valence-corrected chi connectivity index (χ0v) is 16.2. The fourth-order valence-corrected chi connectivity index (χ4v) is 3.66. The summed E-state index contributed by atoms with van der Waals surface area (Å²) in [5.74, 6) is 1.63. The molecule has 2 aromatic carbocycles. The molecule has 1 heterocycles. The molecule has 4 heteroatoms. The number of rotatable bonds is 9. The van der Waals surface area contributed by atoms with E-state index in [-0.39, 0.29) is 0 Å². The summed E-state index contributed by atoms with van der Waals surface area (Å²) in [7, 11) is 0. The van der Waals surface area contributed by atoms with Gasteiger partial charge in [-0.2, -0.15) is 5.26 Å². The van der Waals surface area contributed by atoms with Gasteiger partial charge in [-0.25, -0.2) is 0 Å². The van der Waals surface area contributed by atoms with Crippen LogP contribution in [0.25, 0.3) is 0 Å². The Kier molecular flexibility index (Phi) is 7.27. The first-order valence-electron chi connectivity index (χ1n) is 9.90. The van der Waals surface area contributed by atoms with E-state index in [0.717, 1.165) is 30.3 Å². The smallest absolute Gasteiger partial charge is 0.120 e. The molecule has 0 bridgehead atoms. The molecule has 4 nitrogen and oxygen atoms in total. The van der Waals surface area contributed by atoms with Crippen LogP contribution in [-0.4, -0.2) is 31.1 Å². The monoisotopic (exact) mass is 363 g/mol. The summed E-state index contributed by atoms with van der Waals surface area (Å²) in [6.07, 6.45) is 2.55. The van der Waals surface area contributed by atoms with Crippen LogP contribution in [0.1, 0.15) is 36.5 Å². The third kappa shape index (κ3) is 6.09. The largest absolute Gasteiger partial charge is 0.489 e. The van der Waals surface area contributed by atoms with Crippen molar-refractivity contribution in [2.45, 2.75) is 32.9 Å². The number of benzene rings is 2. The first kappa shape index (κ1) is 19.4. The summed E-state index contributed by atoms with van der Waals surface area (Å²) in [6, 6.07) is 18.0. The number of ether oxygens (including phenoxy) is 1. The first-order chi connectivity index (χ1) is 13.3. The summed E-state index contributed by atoms with van der Waals surface area (Å²) >= 11 is 0. The number of nitriles is 1. The van der Waals surface area contributed by atoms with Crippen molar-refractivity contribution in [3.63, 3.8) is 0 Å². The molecule has 0 aromatic heterocycles. The average molecular weight is 364 g/mol. The van der Waals surface area contributed by atoms with Crippen LogP contribution in [-0.2, 0) is 13.2 Å². The van der Waals surface area contributed by atoms with Crippen molar-refractivity contribution >= 4 is 0 Å². The predicted molar refractivity (Wildman–Crippen MR) is 108 cm³/mol. The number of hydrogen-bond acceptors (Lipinski definition) is 4. The van der Waals surface area contributed by atoms with Crippen LogP contribution in [0.5, 0.6) is 5.75 Å². The van der Waals surface area contributed by atoms with Crippen LogP contribution < -0.4 is 10.1 Å². The number of nitrogens with one attached hydrogen (secondary N) is 1. The molecular formula is C23H29N3O. The van der Waals surface area contributed by atoms with E-state index in [9.17, 15) is 0 Å². The van der Waals surface area contributed by atoms with E-state index in [4.69, 9.17) is 10.00 Å². The van der Waals surface area contributed by atoms with Gasteiger partial charge in [-0.1, -0.05) is 31.2 Å². The van der Waals surface area contributed by atoms with Gasteiger partial charge in [-0.15, -0.1) is 0 Å². The van der Waals surface area contributed by atoms with E-state index in [1.54, 1.807) is 0 Å². The Labute approximate surface area is 162 Å². The highest BCUT2D eigenvalue weighted by atomic mass is 16.5. The normalized spacial score (nSPS) is 17.0. The van der Waals surface area contributed by atoms with Crippen LogP contribution in [0.15, 0.2) is 48.5 Å². The van der Waals surface area contributed by atoms with Crippen LogP contribution >= 0.6 is 0 Å². The van der Waals surface area contributed by atoms with Gasteiger partial charge in [0.2, 0.25) is 0 Å². The van der Waals surface area contributed by atoms with Crippen molar-refractivity contribution < 1.29 is 4.74 Å². The number of likely N-dealkylation sites (tertiary alicyclic amines) is 1. The van der Waals surface area contributed by atoms with Gasteiger partial charge in [0, 0.05) is 13.1 Å². The highest BCUT2D eigenvalue weighted by molar-refractivity contribution is 5.33. The minimum atomic E-state index is 0.474. The Hall–Kier alpha value is -2.35. The second-order valence-corrected chi connectivity index (χ2v) is 7.33. The Balaban J connectivity index is 1.44. The van der Waals surface area contributed by atoms with Crippen molar-refractivity contribution in [2.75, 3.05) is 26.2 Å². The van der Waals surface area contributed by atoms with Crippen molar-refractivity contribution in [3.05, 3.63) is 65.2 Å². The third-order valence-corrected chi connectivity index (χ3v) is 5.03. The van der Waals surface area contributed by atoms with Crippen molar-refractivity contribution in [1.82, 2.24) is 10.2 Å². The molecule has 0 amide bonds. The zero-order valence-electron chi connectivity index (χ0n) is 16.2. The summed E-state index contributed by atoms with van der Waals surface area (Å²) in [5, 5.41) is 12.6. The molecule has 1 fully saturated rings. The van der Waals surface area contributed by atoms with Crippen molar-refractivity contribution in [1.29, 1.82) is 5.26 Å². The lowest BCUT2D eigenvalue weighted by Crippen LogP contribution is -2.26. The predicted octanol–water partition coefficient (Wildman–Crippen LogP) is 3.96. The Morgan fingerprint density at radius 1 is 1.19 bits per heavy atom. The third-order valence-electron chi connectivity index (χ3n) is 5.03. The molecule has 0 aliphatic carbocycles. The molecule has 1 aliphatic rings. The van der Waals surface area contributed by atoms with Crippen LogP contribution in [0, 0.1) is 17.2 Å². The summed E-state index contributed by atoms with van der Waals surface area (Å²) in [4.78, 5) is 2.57. The fourth-order valence-electron chi connectivity index (χ4n) is 3.66. The van der Waals surface area contributed by atoms with Gasteiger partial charge in [-0.3, -0.25) is 0 Å². The highest BCUT2D eigenvalue weighted by Crippen LogP contribution is 2.17. The van der Waals surface area contributed by atoms with Crippen LogP contribution in [0.2, 0.25) is 0 Å². The Morgan fingerprint density at radius 3 is 2.89 bits per heavy atom. The zero-order chi connectivity index (χ0) is 18.9. The Morgan fingerprint density at radius 2 is 2.04 bits per heavy atom. The molecule has 2 aromatic rings. The molecule has 0 spiro atoms. The van der Waals surface area contributed by atoms with Crippen LogP contribution in [0.4, 0.5) is 0 Å². The first-order valence-corrected chi connectivity index (χ1v) is 9.90. The minimum Gasteiger partial charge on any atom is -0.489 e. The summed E-state index contributed by atoms with van der Waals surface area (Å²) in [6.45, 7) is 8.37. The van der Waals surface area contributed by atoms with Gasteiger partial charge in [-0.05, 0) is 73.8 Å². The van der Waals surface area contributed by atoms with E-state index < -0.39 is 0 Å². The molecule has 1 unspecified atom stereocenters. The van der Waals surface area contributed by atoms with Gasteiger partial charge in [0.25, 0.3) is 0 Å². The second kappa shape index (κ2) is 10.1. The van der Waals surface area contributed by atoms with Gasteiger partial charge in [0.05, 0.1) is 11.6 Å². The highest BCUT2D eigenvalue weighted by Gasteiger charge is 2.20. The summed E-state index contributed by atoms with van der Waals surface area (Å²) < 4.78 is 5.91. The molecule has 1 atom stereocenters. The maximum Gasteiger partial charge on any atom is 0.120 e. The maximum absolute atomic E-state index is 8.99. The molecule has 142 valence electrons. The van der Waals surface area contributed by atoms with Gasteiger partial charge in [0.15, 0.2) is 0 Å². The maximum atomic E-state index is 8.99.